The predicted octanol–water partition coefficient (Wildman–Crippen LogP) is 3.50. The van der Waals surface area contributed by atoms with E-state index in [4.69, 9.17) is 10.5 Å². The summed E-state index contributed by atoms with van der Waals surface area (Å²) in [6, 6.07) is 15.4. The largest absolute Gasteiger partial charge is 0.457 e. The first-order chi connectivity index (χ1) is 12.7. The number of nitrogens with zero attached hydrogens (tertiary/aromatic N) is 3. The zero-order chi connectivity index (χ0) is 17.9. The average Bonchev–Trinajstić information content (AvgIpc) is 3.08. The number of nitrogen functional groups attached to an aromatic ring is 1. The zero-order valence-corrected chi connectivity index (χ0v) is 14.7. The number of carbonyl (C=O) groups is 1. The molecule has 0 fully saturated rings. The quantitative estimate of drug-likeness (QED) is 0.545. The van der Waals surface area contributed by atoms with Crippen LogP contribution in [0, 0.1) is 0 Å². The van der Waals surface area contributed by atoms with E-state index in [-0.39, 0.29) is 19.0 Å². The smallest absolute Gasteiger partial charge is 0.306 e. The van der Waals surface area contributed by atoms with Crippen molar-refractivity contribution >= 4 is 44.2 Å². The molecular weight excluding hydrogens is 348 g/mol. The van der Waals surface area contributed by atoms with Gasteiger partial charge in [-0.05, 0) is 24.3 Å². The van der Waals surface area contributed by atoms with Gasteiger partial charge in [0.05, 0.1) is 27.2 Å². The van der Waals surface area contributed by atoms with Crippen molar-refractivity contribution in [2.75, 3.05) is 5.73 Å². The number of ether oxygens (including phenoxy) is 1. The van der Waals surface area contributed by atoms with Crippen LogP contribution in [-0.2, 0) is 22.6 Å². The van der Waals surface area contributed by atoms with Gasteiger partial charge in [0.1, 0.15) is 5.82 Å². The lowest BCUT2D eigenvalue weighted by atomic mass is 10.2. The van der Waals surface area contributed by atoms with E-state index in [1.54, 1.807) is 11.3 Å². The molecule has 130 valence electrons. The van der Waals surface area contributed by atoms with Gasteiger partial charge in [-0.1, -0.05) is 24.3 Å². The molecule has 0 amide bonds. The maximum Gasteiger partial charge on any atom is 0.306 e. The fourth-order valence-electron chi connectivity index (χ4n) is 2.67. The number of anilines is 1. The van der Waals surface area contributed by atoms with Crippen molar-refractivity contribution in [3.63, 3.8) is 0 Å². The van der Waals surface area contributed by atoms with Crippen LogP contribution in [0.2, 0.25) is 0 Å². The number of thiazole rings is 1. The summed E-state index contributed by atoms with van der Waals surface area (Å²) >= 11 is 1.60. The summed E-state index contributed by atoms with van der Waals surface area (Å²) in [5.41, 5.74) is 7.63. The number of rotatable bonds is 5. The van der Waals surface area contributed by atoms with Crippen LogP contribution in [0.5, 0.6) is 0 Å². The topological polar surface area (TPSA) is 91.0 Å². The molecule has 26 heavy (non-hydrogen) atoms. The number of fused-ring (bicyclic) bond motifs is 2. The van der Waals surface area contributed by atoms with Gasteiger partial charge < -0.3 is 10.5 Å². The van der Waals surface area contributed by atoms with Crippen molar-refractivity contribution in [1.29, 1.82) is 0 Å². The Balaban J connectivity index is 1.36. The van der Waals surface area contributed by atoms with Gasteiger partial charge in [-0.3, -0.25) is 4.79 Å². The van der Waals surface area contributed by atoms with Crippen LogP contribution in [0.25, 0.3) is 21.1 Å². The molecule has 0 aliphatic carbocycles. The van der Waals surface area contributed by atoms with Crippen molar-refractivity contribution in [2.24, 2.45) is 0 Å². The van der Waals surface area contributed by atoms with Gasteiger partial charge in [0, 0.05) is 11.8 Å². The van der Waals surface area contributed by atoms with Gasteiger partial charge in [0.2, 0.25) is 0 Å². The molecular formula is C19H16N4O2S. The van der Waals surface area contributed by atoms with E-state index in [0.717, 1.165) is 26.1 Å². The monoisotopic (exact) mass is 364 g/mol. The van der Waals surface area contributed by atoms with Crippen LogP contribution < -0.4 is 5.73 Å². The highest BCUT2D eigenvalue weighted by Gasteiger charge is 2.10. The van der Waals surface area contributed by atoms with Gasteiger partial charge in [-0.2, -0.15) is 0 Å². The second-order valence-electron chi connectivity index (χ2n) is 5.78. The molecule has 0 unspecified atom stereocenters. The van der Waals surface area contributed by atoms with E-state index in [1.807, 2.05) is 48.5 Å². The van der Waals surface area contributed by atoms with Crippen molar-refractivity contribution in [3.8, 4) is 0 Å². The van der Waals surface area contributed by atoms with E-state index < -0.39 is 0 Å². The minimum atomic E-state index is -0.306. The molecule has 0 radical (unpaired) electrons. The predicted molar refractivity (Wildman–Crippen MR) is 102 cm³/mol. The van der Waals surface area contributed by atoms with E-state index in [2.05, 4.69) is 15.0 Å². The van der Waals surface area contributed by atoms with Crippen LogP contribution >= 0.6 is 11.3 Å². The van der Waals surface area contributed by atoms with Crippen molar-refractivity contribution in [2.45, 2.75) is 19.4 Å². The Labute approximate surface area is 153 Å². The standard InChI is InChI=1S/C19H16N4O2S/c20-19-12-5-1-2-6-13(12)21-16(23-19)11-25-18(24)10-9-17-22-14-7-3-4-8-15(14)26-17/h1-8H,9-11H2,(H2,20,21,23). The molecule has 0 bridgehead atoms. The molecule has 0 atom stereocenters. The normalized spacial score (nSPS) is 11.1. The Morgan fingerprint density at radius 1 is 1.00 bits per heavy atom. The molecule has 2 aromatic carbocycles. The Morgan fingerprint density at radius 2 is 1.77 bits per heavy atom. The van der Waals surface area contributed by atoms with Crippen molar-refractivity contribution in [3.05, 3.63) is 59.4 Å². The van der Waals surface area contributed by atoms with Gasteiger partial charge in [-0.15, -0.1) is 11.3 Å². The van der Waals surface area contributed by atoms with E-state index in [0.29, 0.717) is 18.1 Å². The number of nitrogens with two attached hydrogens (primary N) is 1. The molecule has 6 nitrogen and oxygen atoms in total. The van der Waals surface area contributed by atoms with E-state index in [1.165, 1.54) is 0 Å². The first-order valence-corrected chi connectivity index (χ1v) is 9.02. The Hall–Kier alpha value is -3.06. The molecule has 7 heteroatoms. The zero-order valence-electron chi connectivity index (χ0n) is 13.9. The first-order valence-electron chi connectivity index (χ1n) is 8.20. The van der Waals surface area contributed by atoms with Gasteiger partial charge in [-0.25, -0.2) is 15.0 Å². The second kappa shape index (κ2) is 7.05. The molecule has 2 heterocycles. The number of aromatic nitrogens is 3. The highest BCUT2D eigenvalue weighted by molar-refractivity contribution is 7.18. The third-order valence-electron chi connectivity index (χ3n) is 3.92. The maximum absolute atomic E-state index is 12.0. The molecule has 2 aromatic heterocycles. The van der Waals surface area contributed by atoms with Crippen LogP contribution in [-0.4, -0.2) is 20.9 Å². The number of benzene rings is 2. The molecule has 4 aromatic rings. The summed E-state index contributed by atoms with van der Waals surface area (Å²) in [7, 11) is 0. The lowest BCUT2D eigenvalue weighted by molar-refractivity contribution is -0.145. The third kappa shape index (κ3) is 3.48. The average molecular weight is 364 g/mol. The fourth-order valence-corrected chi connectivity index (χ4v) is 3.64. The summed E-state index contributed by atoms with van der Waals surface area (Å²) < 4.78 is 6.41. The fraction of sp³-hybridized carbons (Fsp3) is 0.158. The molecule has 4 rings (SSSR count). The van der Waals surface area contributed by atoms with E-state index >= 15 is 0 Å². The lowest BCUT2D eigenvalue weighted by Gasteiger charge is -2.06. The molecule has 0 saturated heterocycles. The Morgan fingerprint density at radius 3 is 2.62 bits per heavy atom. The SMILES string of the molecule is Nc1nc(COC(=O)CCc2nc3ccccc3s2)nc2ccccc12. The first kappa shape index (κ1) is 16.4. The summed E-state index contributed by atoms with van der Waals surface area (Å²) in [5, 5.41) is 1.72. The second-order valence-corrected chi connectivity index (χ2v) is 6.89. The minimum Gasteiger partial charge on any atom is -0.457 e. The minimum absolute atomic E-state index is 0.00765. The van der Waals surface area contributed by atoms with Gasteiger partial charge >= 0.3 is 5.97 Å². The van der Waals surface area contributed by atoms with Crippen LogP contribution in [0.15, 0.2) is 48.5 Å². The lowest BCUT2D eigenvalue weighted by Crippen LogP contribution is -2.09. The molecule has 0 spiro atoms. The highest BCUT2D eigenvalue weighted by Crippen LogP contribution is 2.22. The Kier molecular flexibility index (Phi) is 4.45. The number of hydrogen-bond acceptors (Lipinski definition) is 7. The number of esters is 1. The maximum atomic E-state index is 12.0. The summed E-state index contributed by atoms with van der Waals surface area (Å²) in [5.74, 6) is 0.477. The number of aryl methyl sites for hydroxylation is 1. The van der Waals surface area contributed by atoms with Gasteiger partial charge in [0.15, 0.2) is 12.4 Å². The van der Waals surface area contributed by atoms with E-state index in [9.17, 15) is 4.79 Å². The molecule has 0 aliphatic rings. The summed E-state index contributed by atoms with van der Waals surface area (Å²) in [4.78, 5) is 25.1. The van der Waals surface area contributed by atoms with Gasteiger partial charge in [0.25, 0.3) is 0 Å². The highest BCUT2D eigenvalue weighted by atomic mass is 32.1. The van der Waals surface area contributed by atoms with Crippen LogP contribution in [0.1, 0.15) is 17.3 Å². The number of carbonyl (C=O) groups excluding carboxylic acids is 1. The molecule has 0 aliphatic heterocycles. The van der Waals surface area contributed by atoms with Crippen LogP contribution in [0.3, 0.4) is 0 Å². The number of hydrogen-bond donors (Lipinski definition) is 1. The Bertz CT molecular complexity index is 1060. The summed E-state index contributed by atoms with van der Waals surface area (Å²) in [6.45, 7) is 0.00765. The summed E-state index contributed by atoms with van der Waals surface area (Å²) in [6.07, 6.45) is 0.821. The third-order valence-corrected chi connectivity index (χ3v) is 5.02. The van der Waals surface area contributed by atoms with Crippen LogP contribution in [0.4, 0.5) is 5.82 Å². The van der Waals surface area contributed by atoms with Crippen molar-refractivity contribution < 1.29 is 9.53 Å². The van der Waals surface area contributed by atoms with Crippen molar-refractivity contribution in [1.82, 2.24) is 15.0 Å². The molecule has 2 N–H and O–H groups in total. The molecule has 0 saturated carbocycles. The number of para-hydroxylation sites is 2.